The van der Waals surface area contributed by atoms with E-state index in [4.69, 9.17) is 9.47 Å². The number of hydrogen-bond acceptors (Lipinski definition) is 5. The molecule has 1 aliphatic heterocycles. The molecule has 1 aliphatic rings. The summed E-state index contributed by atoms with van der Waals surface area (Å²) in [6.45, 7) is 2.19. The van der Waals surface area contributed by atoms with Crippen LogP contribution in [0.25, 0.3) is 0 Å². The number of nitrogens with one attached hydrogen (secondary N) is 1. The first kappa shape index (κ1) is 10.7. The highest BCUT2D eigenvalue weighted by molar-refractivity contribution is 5.82. The quantitative estimate of drug-likeness (QED) is 0.773. The molecule has 0 aromatic carbocycles. The van der Waals surface area contributed by atoms with Gasteiger partial charge in [-0.2, -0.15) is 0 Å². The van der Waals surface area contributed by atoms with Gasteiger partial charge in [0.2, 0.25) is 5.88 Å². The van der Waals surface area contributed by atoms with Crippen molar-refractivity contribution in [3.05, 3.63) is 17.8 Å². The number of rotatable bonds is 3. The van der Waals surface area contributed by atoms with Gasteiger partial charge in [0.1, 0.15) is 6.04 Å². The molecule has 0 radical (unpaired) electrons. The zero-order valence-electron chi connectivity index (χ0n) is 9.32. The summed E-state index contributed by atoms with van der Waals surface area (Å²) in [5, 5.41) is 3.10. The average molecular weight is 222 g/mol. The number of aromatic nitrogens is 1. The number of ether oxygens (including phenoxy) is 2. The summed E-state index contributed by atoms with van der Waals surface area (Å²) in [5.41, 5.74) is 1.91. The average Bonchev–Trinajstić information content (AvgIpc) is 2.71. The van der Waals surface area contributed by atoms with Gasteiger partial charge in [0.05, 0.1) is 13.7 Å². The molecule has 1 N–H and O–H groups in total. The summed E-state index contributed by atoms with van der Waals surface area (Å²) in [7, 11) is 1.56. The van der Waals surface area contributed by atoms with Gasteiger partial charge in [-0.25, -0.2) is 9.78 Å². The number of fused-ring (bicyclic) bond motifs is 1. The maximum atomic E-state index is 11.5. The molecule has 86 valence electrons. The number of esters is 1. The Balaban J connectivity index is 2.11. The maximum Gasteiger partial charge on any atom is 0.328 e. The largest absolute Gasteiger partial charge is 0.481 e. The van der Waals surface area contributed by atoms with E-state index in [0.29, 0.717) is 18.9 Å². The SMILES string of the molecule is CCOC(=O)C1Cc2cnc(OC)cc2N1. The number of carbonyl (C=O) groups is 1. The van der Waals surface area contributed by atoms with Gasteiger partial charge >= 0.3 is 5.97 Å². The zero-order valence-corrected chi connectivity index (χ0v) is 9.32. The Bertz CT molecular complexity index is 406. The van der Waals surface area contributed by atoms with Crippen molar-refractivity contribution in [3.8, 4) is 5.88 Å². The lowest BCUT2D eigenvalue weighted by Crippen LogP contribution is -2.28. The minimum absolute atomic E-state index is 0.224. The monoisotopic (exact) mass is 222 g/mol. The van der Waals surface area contributed by atoms with Crippen molar-refractivity contribution in [2.45, 2.75) is 19.4 Å². The fourth-order valence-electron chi connectivity index (χ4n) is 1.72. The number of methoxy groups -OCH3 is 1. The Labute approximate surface area is 93.8 Å². The van der Waals surface area contributed by atoms with Crippen LogP contribution >= 0.6 is 0 Å². The molecule has 0 aliphatic carbocycles. The third-order valence-corrected chi connectivity index (χ3v) is 2.50. The van der Waals surface area contributed by atoms with Crippen molar-refractivity contribution in [3.63, 3.8) is 0 Å². The van der Waals surface area contributed by atoms with E-state index in [9.17, 15) is 4.79 Å². The van der Waals surface area contributed by atoms with Crippen molar-refractivity contribution in [1.29, 1.82) is 0 Å². The minimum atomic E-state index is -0.302. The molecular formula is C11H14N2O3. The first-order valence-electron chi connectivity index (χ1n) is 5.20. The van der Waals surface area contributed by atoms with Crippen molar-refractivity contribution in [1.82, 2.24) is 4.98 Å². The Hall–Kier alpha value is -1.78. The molecule has 1 aromatic rings. The van der Waals surface area contributed by atoms with Gasteiger partial charge < -0.3 is 14.8 Å². The van der Waals surface area contributed by atoms with Crippen LogP contribution in [-0.2, 0) is 16.0 Å². The Morgan fingerprint density at radius 2 is 2.50 bits per heavy atom. The van der Waals surface area contributed by atoms with E-state index in [-0.39, 0.29) is 12.0 Å². The Kier molecular flexibility index (Phi) is 2.94. The standard InChI is InChI=1S/C11H14N2O3/c1-3-16-11(14)9-4-7-6-12-10(15-2)5-8(7)13-9/h5-6,9,13H,3-4H2,1-2H3. The van der Waals surface area contributed by atoms with Gasteiger partial charge in [-0.15, -0.1) is 0 Å². The molecule has 2 heterocycles. The van der Waals surface area contributed by atoms with Crippen LogP contribution < -0.4 is 10.1 Å². The summed E-state index contributed by atoms with van der Waals surface area (Å²) >= 11 is 0. The normalized spacial score (nSPS) is 17.5. The summed E-state index contributed by atoms with van der Waals surface area (Å²) in [6.07, 6.45) is 2.34. The molecule has 2 rings (SSSR count). The van der Waals surface area contributed by atoms with Crippen LogP contribution in [0.15, 0.2) is 12.3 Å². The highest BCUT2D eigenvalue weighted by Gasteiger charge is 2.28. The molecular weight excluding hydrogens is 208 g/mol. The topological polar surface area (TPSA) is 60.5 Å². The molecule has 0 amide bonds. The van der Waals surface area contributed by atoms with Crippen LogP contribution in [0.4, 0.5) is 5.69 Å². The lowest BCUT2D eigenvalue weighted by Gasteiger charge is -2.09. The lowest BCUT2D eigenvalue weighted by atomic mass is 10.1. The number of nitrogens with zero attached hydrogens (tertiary/aromatic N) is 1. The minimum Gasteiger partial charge on any atom is -0.481 e. The molecule has 0 bridgehead atoms. The predicted octanol–water partition coefficient (Wildman–Crippen LogP) is 0.990. The van der Waals surface area contributed by atoms with Gasteiger partial charge in [-0.05, 0) is 12.5 Å². The van der Waals surface area contributed by atoms with Gasteiger partial charge in [-0.3, -0.25) is 0 Å². The maximum absolute atomic E-state index is 11.5. The van der Waals surface area contributed by atoms with E-state index in [1.165, 1.54) is 0 Å². The molecule has 0 spiro atoms. The summed E-state index contributed by atoms with van der Waals surface area (Å²) in [5.74, 6) is 0.313. The number of pyridine rings is 1. The van der Waals surface area contributed by atoms with Gasteiger partial charge in [-0.1, -0.05) is 0 Å². The molecule has 16 heavy (non-hydrogen) atoms. The van der Waals surface area contributed by atoms with Crippen LogP contribution in [0.5, 0.6) is 5.88 Å². The Morgan fingerprint density at radius 3 is 3.19 bits per heavy atom. The fourth-order valence-corrected chi connectivity index (χ4v) is 1.72. The first-order valence-corrected chi connectivity index (χ1v) is 5.20. The zero-order chi connectivity index (χ0) is 11.5. The second kappa shape index (κ2) is 4.38. The molecule has 1 atom stereocenters. The molecule has 0 saturated heterocycles. The van der Waals surface area contributed by atoms with E-state index in [2.05, 4.69) is 10.3 Å². The van der Waals surface area contributed by atoms with Crippen LogP contribution in [0, 0.1) is 0 Å². The van der Waals surface area contributed by atoms with E-state index < -0.39 is 0 Å². The molecule has 1 unspecified atom stereocenters. The summed E-state index contributed by atoms with van der Waals surface area (Å²) < 4.78 is 9.98. The van der Waals surface area contributed by atoms with Crippen molar-refractivity contribution < 1.29 is 14.3 Å². The molecule has 0 fully saturated rings. The van der Waals surface area contributed by atoms with E-state index >= 15 is 0 Å². The highest BCUT2D eigenvalue weighted by Crippen LogP contribution is 2.28. The molecule has 5 nitrogen and oxygen atoms in total. The van der Waals surface area contributed by atoms with Gasteiger partial charge in [0.15, 0.2) is 0 Å². The summed E-state index contributed by atoms with van der Waals surface area (Å²) in [6, 6.07) is 1.48. The third-order valence-electron chi connectivity index (χ3n) is 2.50. The van der Waals surface area contributed by atoms with Crippen molar-refractivity contribution in [2.75, 3.05) is 19.0 Å². The second-order valence-electron chi connectivity index (χ2n) is 3.54. The molecule has 5 heteroatoms. The van der Waals surface area contributed by atoms with Crippen LogP contribution in [0.3, 0.4) is 0 Å². The van der Waals surface area contributed by atoms with Crippen LogP contribution in [0.2, 0.25) is 0 Å². The van der Waals surface area contributed by atoms with E-state index in [1.54, 1.807) is 26.3 Å². The third kappa shape index (κ3) is 1.93. The highest BCUT2D eigenvalue weighted by atomic mass is 16.5. The van der Waals surface area contributed by atoms with E-state index in [0.717, 1.165) is 11.3 Å². The van der Waals surface area contributed by atoms with Crippen molar-refractivity contribution >= 4 is 11.7 Å². The number of carbonyl (C=O) groups excluding carboxylic acids is 1. The van der Waals surface area contributed by atoms with Crippen LogP contribution in [0.1, 0.15) is 12.5 Å². The number of hydrogen-bond donors (Lipinski definition) is 1. The van der Waals surface area contributed by atoms with Crippen LogP contribution in [-0.4, -0.2) is 30.7 Å². The number of anilines is 1. The smallest absolute Gasteiger partial charge is 0.328 e. The fraction of sp³-hybridized carbons (Fsp3) is 0.455. The second-order valence-corrected chi connectivity index (χ2v) is 3.54. The molecule has 0 saturated carbocycles. The van der Waals surface area contributed by atoms with Crippen molar-refractivity contribution in [2.24, 2.45) is 0 Å². The van der Waals surface area contributed by atoms with Gasteiger partial charge in [0, 0.05) is 24.4 Å². The summed E-state index contributed by atoms with van der Waals surface area (Å²) in [4.78, 5) is 15.6. The van der Waals surface area contributed by atoms with Gasteiger partial charge in [0.25, 0.3) is 0 Å². The Morgan fingerprint density at radius 1 is 1.69 bits per heavy atom. The van der Waals surface area contributed by atoms with E-state index in [1.807, 2.05) is 0 Å². The molecule has 1 aromatic heterocycles. The first-order chi connectivity index (χ1) is 7.74. The predicted molar refractivity (Wildman–Crippen MR) is 58.5 cm³/mol. The lowest BCUT2D eigenvalue weighted by molar-refractivity contribution is -0.143.